The van der Waals surface area contributed by atoms with Crippen LogP contribution in [0.3, 0.4) is 0 Å². The molecule has 4 nitrogen and oxygen atoms in total. The number of halogens is 1. The Bertz CT molecular complexity index is 334. The van der Waals surface area contributed by atoms with Crippen LogP contribution in [-0.2, 0) is 4.74 Å². The van der Waals surface area contributed by atoms with Crippen molar-refractivity contribution in [3.63, 3.8) is 0 Å². The summed E-state index contributed by atoms with van der Waals surface area (Å²) in [6.07, 6.45) is 0.210. The van der Waals surface area contributed by atoms with Crippen LogP contribution in [0, 0.1) is 3.57 Å². The molecule has 0 fully saturated rings. The summed E-state index contributed by atoms with van der Waals surface area (Å²) < 4.78 is 5.95. The van der Waals surface area contributed by atoms with Gasteiger partial charge in [-0.3, -0.25) is 0 Å². The van der Waals surface area contributed by atoms with E-state index in [0.29, 0.717) is 19.6 Å². The summed E-state index contributed by atoms with van der Waals surface area (Å²) in [5.74, 6) is 0. The highest BCUT2D eigenvalue weighted by molar-refractivity contribution is 14.1. The molecule has 0 saturated carbocycles. The van der Waals surface area contributed by atoms with Gasteiger partial charge in [0.1, 0.15) is 0 Å². The molecule has 0 aliphatic heterocycles. The van der Waals surface area contributed by atoms with Crippen LogP contribution in [0.25, 0.3) is 0 Å². The number of aliphatic hydroxyl groups excluding tert-OH is 1. The van der Waals surface area contributed by atoms with Gasteiger partial charge in [-0.2, -0.15) is 0 Å². The molecule has 0 spiro atoms. The summed E-state index contributed by atoms with van der Waals surface area (Å²) in [6, 6.07) is 5.85. The quantitative estimate of drug-likeness (QED) is 0.546. The SMILES string of the molecule is COCC(O)CCNc1ccc(I)cc1N. The molecule has 4 N–H and O–H groups in total. The molecule has 0 aliphatic rings. The average molecular weight is 336 g/mol. The van der Waals surface area contributed by atoms with Crippen molar-refractivity contribution >= 4 is 34.0 Å². The van der Waals surface area contributed by atoms with Crippen molar-refractivity contribution in [1.29, 1.82) is 0 Å². The molecule has 0 amide bonds. The van der Waals surface area contributed by atoms with Crippen LogP contribution in [0.5, 0.6) is 0 Å². The van der Waals surface area contributed by atoms with Gasteiger partial charge in [-0.25, -0.2) is 0 Å². The van der Waals surface area contributed by atoms with Gasteiger partial charge < -0.3 is 20.9 Å². The van der Waals surface area contributed by atoms with E-state index >= 15 is 0 Å². The number of aliphatic hydroxyl groups is 1. The minimum atomic E-state index is -0.428. The van der Waals surface area contributed by atoms with Crippen molar-refractivity contribution in [2.24, 2.45) is 0 Å². The van der Waals surface area contributed by atoms with Crippen molar-refractivity contribution in [1.82, 2.24) is 0 Å². The van der Waals surface area contributed by atoms with E-state index in [1.807, 2.05) is 18.2 Å². The summed E-state index contributed by atoms with van der Waals surface area (Å²) in [4.78, 5) is 0. The number of methoxy groups -OCH3 is 1. The maximum Gasteiger partial charge on any atom is 0.0790 e. The first-order valence-electron chi connectivity index (χ1n) is 5.09. The Labute approximate surface area is 109 Å². The fraction of sp³-hybridized carbons (Fsp3) is 0.455. The fourth-order valence-electron chi connectivity index (χ4n) is 1.34. The lowest BCUT2D eigenvalue weighted by molar-refractivity contribution is 0.0615. The molecule has 5 heteroatoms. The first-order chi connectivity index (χ1) is 7.63. The molecule has 16 heavy (non-hydrogen) atoms. The Kier molecular flexibility index (Phi) is 5.86. The summed E-state index contributed by atoms with van der Waals surface area (Å²) in [5, 5.41) is 12.6. The highest BCUT2D eigenvalue weighted by Gasteiger charge is 2.03. The van der Waals surface area contributed by atoms with Crippen molar-refractivity contribution in [3.05, 3.63) is 21.8 Å². The van der Waals surface area contributed by atoms with Crippen molar-refractivity contribution in [2.45, 2.75) is 12.5 Å². The zero-order valence-electron chi connectivity index (χ0n) is 9.24. The second-order valence-electron chi connectivity index (χ2n) is 3.56. The van der Waals surface area contributed by atoms with Gasteiger partial charge in [-0.15, -0.1) is 0 Å². The van der Waals surface area contributed by atoms with E-state index in [0.717, 1.165) is 14.9 Å². The second-order valence-corrected chi connectivity index (χ2v) is 4.80. The zero-order valence-corrected chi connectivity index (χ0v) is 11.4. The maximum absolute atomic E-state index is 9.44. The van der Waals surface area contributed by atoms with E-state index in [9.17, 15) is 5.11 Å². The van der Waals surface area contributed by atoms with E-state index < -0.39 is 6.10 Å². The number of anilines is 2. The van der Waals surface area contributed by atoms with Gasteiger partial charge in [0.25, 0.3) is 0 Å². The zero-order chi connectivity index (χ0) is 12.0. The molecule has 0 radical (unpaired) electrons. The Balaban J connectivity index is 2.37. The van der Waals surface area contributed by atoms with Crippen molar-refractivity contribution in [3.8, 4) is 0 Å². The number of hydrogen-bond donors (Lipinski definition) is 3. The minimum Gasteiger partial charge on any atom is -0.397 e. The number of ether oxygens (including phenoxy) is 1. The fourth-order valence-corrected chi connectivity index (χ4v) is 1.86. The minimum absolute atomic E-state index is 0.365. The molecule has 1 aromatic rings. The van der Waals surface area contributed by atoms with E-state index in [-0.39, 0.29) is 0 Å². The largest absolute Gasteiger partial charge is 0.397 e. The van der Waals surface area contributed by atoms with Gasteiger partial charge in [-0.1, -0.05) is 0 Å². The number of nitrogen functional groups attached to an aromatic ring is 1. The Hall–Kier alpha value is -0.530. The van der Waals surface area contributed by atoms with Crippen LogP contribution in [-0.4, -0.2) is 31.5 Å². The first kappa shape index (κ1) is 13.5. The molecule has 1 atom stereocenters. The van der Waals surface area contributed by atoms with E-state index in [2.05, 4.69) is 27.9 Å². The second kappa shape index (κ2) is 6.93. The topological polar surface area (TPSA) is 67.5 Å². The molecule has 90 valence electrons. The van der Waals surface area contributed by atoms with Gasteiger partial charge in [0.15, 0.2) is 0 Å². The Morgan fingerprint density at radius 3 is 2.94 bits per heavy atom. The van der Waals surface area contributed by atoms with Crippen LogP contribution < -0.4 is 11.1 Å². The lowest BCUT2D eigenvalue weighted by Crippen LogP contribution is -2.18. The molecule has 0 aliphatic carbocycles. The van der Waals surface area contributed by atoms with E-state index in [1.54, 1.807) is 7.11 Å². The molecule has 0 aromatic heterocycles. The van der Waals surface area contributed by atoms with Crippen molar-refractivity contribution < 1.29 is 9.84 Å². The molecular weight excluding hydrogens is 319 g/mol. The standard InChI is InChI=1S/C11H17IN2O2/c1-16-7-9(15)4-5-14-11-3-2-8(12)6-10(11)13/h2-3,6,9,14-15H,4-5,7,13H2,1H3. The third-order valence-electron chi connectivity index (χ3n) is 2.17. The molecular formula is C11H17IN2O2. The van der Waals surface area contributed by atoms with Crippen LogP contribution in [0.1, 0.15) is 6.42 Å². The number of nitrogens with two attached hydrogens (primary N) is 1. The number of benzene rings is 1. The predicted molar refractivity (Wildman–Crippen MR) is 74.6 cm³/mol. The predicted octanol–water partition coefficient (Wildman–Crippen LogP) is 1.68. The molecule has 1 aromatic carbocycles. The number of nitrogens with one attached hydrogen (secondary N) is 1. The van der Waals surface area contributed by atoms with Gasteiger partial charge in [0, 0.05) is 17.2 Å². The van der Waals surface area contributed by atoms with E-state index in [4.69, 9.17) is 10.5 Å². The lowest BCUT2D eigenvalue weighted by Gasteiger charge is -2.12. The third kappa shape index (κ3) is 4.54. The van der Waals surface area contributed by atoms with Gasteiger partial charge in [-0.05, 0) is 47.2 Å². The normalized spacial score (nSPS) is 12.4. The summed E-state index contributed by atoms with van der Waals surface area (Å²) in [5.41, 5.74) is 7.48. The van der Waals surface area contributed by atoms with Crippen LogP contribution in [0.2, 0.25) is 0 Å². The highest BCUT2D eigenvalue weighted by atomic mass is 127. The highest BCUT2D eigenvalue weighted by Crippen LogP contribution is 2.20. The lowest BCUT2D eigenvalue weighted by atomic mass is 10.2. The molecule has 0 heterocycles. The number of rotatable bonds is 6. The average Bonchev–Trinajstić information content (AvgIpc) is 2.22. The summed E-state index contributed by atoms with van der Waals surface area (Å²) in [7, 11) is 1.58. The summed E-state index contributed by atoms with van der Waals surface area (Å²) in [6.45, 7) is 1.04. The maximum atomic E-state index is 9.44. The van der Waals surface area contributed by atoms with Gasteiger partial charge in [0.2, 0.25) is 0 Å². The monoisotopic (exact) mass is 336 g/mol. The van der Waals surface area contributed by atoms with Gasteiger partial charge in [0.05, 0.1) is 24.1 Å². The van der Waals surface area contributed by atoms with Crippen molar-refractivity contribution in [2.75, 3.05) is 31.3 Å². The number of hydrogen-bond acceptors (Lipinski definition) is 4. The smallest absolute Gasteiger partial charge is 0.0790 e. The molecule has 0 bridgehead atoms. The summed E-state index contributed by atoms with van der Waals surface area (Å²) >= 11 is 2.22. The van der Waals surface area contributed by atoms with Gasteiger partial charge >= 0.3 is 0 Å². The molecule has 1 unspecified atom stereocenters. The van der Waals surface area contributed by atoms with Crippen LogP contribution >= 0.6 is 22.6 Å². The first-order valence-corrected chi connectivity index (χ1v) is 6.17. The molecule has 0 saturated heterocycles. The third-order valence-corrected chi connectivity index (χ3v) is 2.84. The van der Waals surface area contributed by atoms with Crippen LogP contribution in [0.15, 0.2) is 18.2 Å². The Morgan fingerprint density at radius 2 is 2.31 bits per heavy atom. The van der Waals surface area contributed by atoms with E-state index in [1.165, 1.54) is 0 Å². The van der Waals surface area contributed by atoms with Crippen LogP contribution in [0.4, 0.5) is 11.4 Å². The molecule has 1 rings (SSSR count). The Morgan fingerprint density at radius 1 is 1.56 bits per heavy atom.